The molecule has 0 aromatic rings. The van der Waals surface area contributed by atoms with Gasteiger partial charge in [0.05, 0.1) is 13.0 Å². The van der Waals surface area contributed by atoms with Crippen molar-refractivity contribution in [3.63, 3.8) is 0 Å². The van der Waals surface area contributed by atoms with E-state index in [1.54, 1.807) is 0 Å². The summed E-state index contributed by atoms with van der Waals surface area (Å²) in [6.45, 7) is 4.16. The van der Waals surface area contributed by atoms with Crippen LogP contribution in [0, 0.1) is 11.3 Å². The van der Waals surface area contributed by atoms with Crippen molar-refractivity contribution in [2.24, 2.45) is 11.3 Å². The van der Waals surface area contributed by atoms with E-state index in [2.05, 4.69) is 6.08 Å². The summed E-state index contributed by atoms with van der Waals surface area (Å²) in [7, 11) is 0. The molecule has 2 aliphatic rings. The highest BCUT2D eigenvalue weighted by molar-refractivity contribution is 5.73. The highest BCUT2D eigenvalue weighted by Gasteiger charge is 2.51. The highest BCUT2D eigenvalue weighted by atomic mass is 16.6. The van der Waals surface area contributed by atoms with Crippen LogP contribution < -0.4 is 0 Å². The first-order chi connectivity index (χ1) is 6.58. The van der Waals surface area contributed by atoms with Crippen LogP contribution in [0.5, 0.6) is 0 Å². The predicted molar refractivity (Wildman–Crippen MR) is 51.6 cm³/mol. The Bertz CT molecular complexity index is 295. The maximum atomic E-state index is 11.3. The van der Waals surface area contributed by atoms with Crippen molar-refractivity contribution >= 4 is 5.97 Å². The number of rotatable bonds is 1. The van der Waals surface area contributed by atoms with Crippen LogP contribution in [0.25, 0.3) is 0 Å². The Labute approximate surface area is 83.8 Å². The molecule has 1 N–H and O–H groups in total. The van der Waals surface area contributed by atoms with Gasteiger partial charge in [0.25, 0.3) is 0 Å². The summed E-state index contributed by atoms with van der Waals surface area (Å²) in [5.41, 5.74) is 0.995. The van der Waals surface area contributed by atoms with Gasteiger partial charge in [-0.1, -0.05) is 18.6 Å². The number of hydrogen-bond donors (Lipinski definition) is 1. The van der Waals surface area contributed by atoms with Crippen LogP contribution in [0.15, 0.2) is 11.6 Å². The number of ether oxygens (including phenoxy) is 1. The Hall–Kier alpha value is -0.830. The molecule has 2 rings (SSSR count). The first-order valence-electron chi connectivity index (χ1n) is 5.05. The van der Waals surface area contributed by atoms with Crippen molar-refractivity contribution in [2.45, 2.75) is 32.8 Å². The molecule has 3 unspecified atom stereocenters. The number of esters is 1. The SMILES string of the molecule is CC1=CCC2OC(=O)CC2(C)C1CO. The molecule has 0 bridgehead atoms. The fourth-order valence-corrected chi connectivity index (χ4v) is 2.73. The van der Waals surface area contributed by atoms with E-state index in [0.29, 0.717) is 6.42 Å². The molecule has 3 atom stereocenters. The molecule has 1 fully saturated rings. The second-order valence-corrected chi connectivity index (χ2v) is 4.58. The molecule has 3 heteroatoms. The lowest BCUT2D eigenvalue weighted by Crippen LogP contribution is -2.40. The smallest absolute Gasteiger partial charge is 0.306 e. The molecule has 1 aliphatic heterocycles. The summed E-state index contributed by atoms with van der Waals surface area (Å²) in [5, 5.41) is 9.35. The first-order valence-corrected chi connectivity index (χ1v) is 5.05. The molecule has 3 nitrogen and oxygen atoms in total. The third-order valence-corrected chi connectivity index (χ3v) is 3.72. The molecule has 1 saturated heterocycles. The molecule has 0 saturated carbocycles. The fourth-order valence-electron chi connectivity index (χ4n) is 2.73. The van der Waals surface area contributed by atoms with Crippen molar-refractivity contribution in [1.82, 2.24) is 0 Å². The first kappa shape index (κ1) is 9.71. The van der Waals surface area contributed by atoms with Crippen LogP contribution >= 0.6 is 0 Å². The Balaban J connectivity index is 2.34. The maximum Gasteiger partial charge on any atom is 0.306 e. The third kappa shape index (κ3) is 1.19. The second-order valence-electron chi connectivity index (χ2n) is 4.58. The van der Waals surface area contributed by atoms with Gasteiger partial charge in [-0.05, 0) is 6.92 Å². The van der Waals surface area contributed by atoms with Crippen LogP contribution in [0.2, 0.25) is 0 Å². The highest BCUT2D eigenvalue weighted by Crippen LogP contribution is 2.49. The van der Waals surface area contributed by atoms with Gasteiger partial charge in [-0.3, -0.25) is 4.79 Å². The number of fused-ring (bicyclic) bond motifs is 1. The van der Waals surface area contributed by atoms with Gasteiger partial charge in [-0.2, -0.15) is 0 Å². The van der Waals surface area contributed by atoms with Crippen molar-refractivity contribution in [3.05, 3.63) is 11.6 Å². The Morgan fingerprint density at radius 1 is 1.71 bits per heavy atom. The molecule has 0 aromatic heterocycles. The lowest BCUT2D eigenvalue weighted by molar-refractivity contribution is -0.141. The zero-order chi connectivity index (χ0) is 10.3. The average Bonchev–Trinajstić information content (AvgIpc) is 2.39. The van der Waals surface area contributed by atoms with Crippen LogP contribution in [-0.4, -0.2) is 23.8 Å². The van der Waals surface area contributed by atoms with E-state index in [1.165, 1.54) is 5.57 Å². The summed E-state index contributed by atoms with van der Waals surface area (Å²) in [5.74, 6) is -0.0493. The number of carbonyl (C=O) groups is 1. The molecule has 1 aliphatic carbocycles. The molecule has 14 heavy (non-hydrogen) atoms. The number of carbonyl (C=O) groups excluding carboxylic acids is 1. The largest absolute Gasteiger partial charge is 0.461 e. The quantitative estimate of drug-likeness (QED) is 0.507. The van der Waals surface area contributed by atoms with Gasteiger partial charge in [0, 0.05) is 17.8 Å². The van der Waals surface area contributed by atoms with Gasteiger partial charge < -0.3 is 9.84 Å². The van der Waals surface area contributed by atoms with Crippen LogP contribution in [0.3, 0.4) is 0 Å². The number of aliphatic hydroxyl groups excluding tert-OH is 1. The van der Waals surface area contributed by atoms with E-state index in [-0.39, 0.29) is 30.0 Å². The topological polar surface area (TPSA) is 46.5 Å². The van der Waals surface area contributed by atoms with E-state index < -0.39 is 0 Å². The zero-order valence-corrected chi connectivity index (χ0v) is 8.62. The van der Waals surface area contributed by atoms with Crippen molar-refractivity contribution in [1.29, 1.82) is 0 Å². The minimum Gasteiger partial charge on any atom is -0.461 e. The van der Waals surface area contributed by atoms with Gasteiger partial charge in [0.15, 0.2) is 0 Å². The third-order valence-electron chi connectivity index (χ3n) is 3.72. The normalized spacial score (nSPS) is 41.6. The lowest BCUT2D eigenvalue weighted by atomic mass is 9.65. The average molecular weight is 196 g/mol. The van der Waals surface area contributed by atoms with Crippen LogP contribution in [0.1, 0.15) is 26.7 Å². The Kier molecular flexibility index (Phi) is 2.14. The van der Waals surface area contributed by atoms with E-state index in [0.717, 1.165) is 6.42 Å². The summed E-state index contributed by atoms with van der Waals surface area (Å²) in [4.78, 5) is 11.3. The second kappa shape index (κ2) is 3.09. The molecule has 0 radical (unpaired) electrons. The summed E-state index contributed by atoms with van der Waals surface area (Å²) in [6, 6.07) is 0. The molecular formula is C11H16O3. The van der Waals surface area contributed by atoms with Crippen molar-refractivity contribution in [3.8, 4) is 0 Å². The van der Waals surface area contributed by atoms with Gasteiger partial charge in [0.1, 0.15) is 6.10 Å². The molecule has 1 heterocycles. The van der Waals surface area contributed by atoms with Crippen molar-refractivity contribution in [2.75, 3.05) is 6.61 Å². The standard InChI is InChI=1S/C11H16O3/c1-7-3-4-9-11(2,8(7)6-12)5-10(13)14-9/h3,8-9,12H,4-6H2,1-2H3. The van der Waals surface area contributed by atoms with E-state index in [1.807, 2.05) is 13.8 Å². The van der Waals surface area contributed by atoms with E-state index in [4.69, 9.17) is 4.74 Å². The summed E-state index contributed by atoms with van der Waals surface area (Å²) >= 11 is 0. The van der Waals surface area contributed by atoms with Gasteiger partial charge in [-0.15, -0.1) is 0 Å². The minimum absolute atomic E-state index is 0.0316. The number of hydrogen-bond acceptors (Lipinski definition) is 3. The number of aliphatic hydroxyl groups is 1. The lowest BCUT2D eigenvalue weighted by Gasteiger charge is -2.39. The fraction of sp³-hybridized carbons (Fsp3) is 0.727. The van der Waals surface area contributed by atoms with E-state index in [9.17, 15) is 9.90 Å². The van der Waals surface area contributed by atoms with Gasteiger partial charge >= 0.3 is 5.97 Å². The maximum absolute atomic E-state index is 11.3. The predicted octanol–water partition coefficient (Wildman–Crippen LogP) is 1.27. The zero-order valence-electron chi connectivity index (χ0n) is 8.62. The monoisotopic (exact) mass is 196 g/mol. The molecular weight excluding hydrogens is 180 g/mol. The Morgan fingerprint density at radius 3 is 3.07 bits per heavy atom. The van der Waals surface area contributed by atoms with Gasteiger partial charge in [-0.25, -0.2) is 0 Å². The molecule has 0 aromatic carbocycles. The van der Waals surface area contributed by atoms with Crippen LogP contribution in [0.4, 0.5) is 0 Å². The molecule has 78 valence electrons. The minimum atomic E-state index is -0.190. The Morgan fingerprint density at radius 2 is 2.43 bits per heavy atom. The van der Waals surface area contributed by atoms with Crippen LogP contribution in [-0.2, 0) is 9.53 Å². The molecule has 0 amide bonds. The van der Waals surface area contributed by atoms with E-state index >= 15 is 0 Å². The molecule has 0 spiro atoms. The van der Waals surface area contributed by atoms with Gasteiger partial charge in [0.2, 0.25) is 0 Å². The van der Waals surface area contributed by atoms with Crippen molar-refractivity contribution < 1.29 is 14.6 Å². The summed E-state index contributed by atoms with van der Waals surface area (Å²) in [6.07, 6.45) is 3.28. The summed E-state index contributed by atoms with van der Waals surface area (Å²) < 4.78 is 5.25.